The second kappa shape index (κ2) is 6.74. The van der Waals surface area contributed by atoms with Crippen LogP contribution in [0.15, 0.2) is 36.7 Å². The van der Waals surface area contributed by atoms with Gasteiger partial charge in [-0.2, -0.15) is 0 Å². The number of pyridine rings is 1. The number of hydrogen-bond donors (Lipinski definition) is 1. The molecular weight excluding hydrogens is 270 g/mol. The van der Waals surface area contributed by atoms with Crippen LogP contribution in [0.3, 0.4) is 0 Å². The van der Waals surface area contributed by atoms with E-state index < -0.39 is 5.97 Å². The summed E-state index contributed by atoms with van der Waals surface area (Å²) in [6.07, 6.45) is 2.95. The molecule has 0 amide bonds. The van der Waals surface area contributed by atoms with Gasteiger partial charge in [-0.15, -0.1) is 0 Å². The van der Waals surface area contributed by atoms with Crippen molar-refractivity contribution in [2.45, 2.75) is 13.8 Å². The largest absolute Gasteiger partial charge is 0.490 e. The van der Waals surface area contributed by atoms with Crippen LogP contribution in [0.5, 0.6) is 11.5 Å². The Morgan fingerprint density at radius 3 is 2.43 bits per heavy atom. The number of aromatic carboxylic acids is 1. The van der Waals surface area contributed by atoms with Crippen molar-refractivity contribution in [1.29, 1.82) is 0 Å². The summed E-state index contributed by atoms with van der Waals surface area (Å²) in [5.41, 5.74) is 1.70. The monoisotopic (exact) mass is 287 g/mol. The molecule has 2 rings (SSSR count). The van der Waals surface area contributed by atoms with Crippen molar-refractivity contribution < 1.29 is 19.4 Å². The Balaban J connectivity index is 2.42. The van der Waals surface area contributed by atoms with Crippen molar-refractivity contribution in [2.24, 2.45) is 0 Å². The van der Waals surface area contributed by atoms with E-state index in [-0.39, 0.29) is 5.56 Å². The van der Waals surface area contributed by atoms with Gasteiger partial charge >= 0.3 is 5.97 Å². The molecule has 5 heteroatoms. The third kappa shape index (κ3) is 3.51. The summed E-state index contributed by atoms with van der Waals surface area (Å²) in [5.74, 6) is 0.309. The van der Waals surface area contributed by atoms with Gasteiger partial charge in [0.15, 0.2) is 11.5 Å². The zero-order valence-electron chi connectivity index (χ0n) is 12.0. The number of carbonyl (C=O) groups is 1. The fourth-order valence-corrected chi connectivity index (χ4v) is 1.95. The third-order valence-electron chi connectivity index (χ3n) is 2.86. The van der Waals surface area contributed by atoms with E-state index in [2.05, 4.69) is 4.98 Å². The molecule has 1 aromatic heterocycles. The zero-order chi connectivity index (χ0) is 15.2. The summed E-state index contributed by atoms with van der Waals surface area (Å²) >= 11 is 0. The van der Waals surface area contributed by atoms with Gasteiger partial charge < -0.3 is 14.6 Å². The number of carboxylic acid groups (broad SMARTS) is 1. The van der Waals surface area contributed by atoms with E-state index in [4.69, 9.17) is 14.6 Å². The first-order valence-corrected chi connectivity index (χ1v) is 6.74. The summed E-state index contributed by atoms with van der Waals surface area (Å²) in [6, 6.07) is 7.09. The summed E-state index contributed by atoms with van der Waals surface area (Å²) in [7, 11) is 0. The summed E-state index contributed by atoms with van der Waals surface area (Å²) in [5, 5.41) is 9.02. The molecule has 0 saturated carbocycles. The van der Waals surface area contributed by atoms with E-state index in [9.17, 15) is 4.79 Å². The molecule has 2 aromatic rings. The van der Waals surface area contributed by atoms with E-state index in [0.29, 0.717) is 24.7 Å². The molecule has 1 heterocycles. The molecule has 5 nitrogen and oxygen atoms in total. The van der Waals surface area contributed by atoms with Gasteiger partial charge in [-0.3, -0.25) is 4.98 Å². The molecule has 0 aliphatic carbocycles. The Morgan fingerprint density at radius 1 is 1.05 bits per heavy atom. The SMILES string of the molecule is CCOc1ccc(-c2cncc(C(=O)O)c2)cc1OCC. The second-order valence-corrected chi connectivity index (χ2v) is 4.29. The van der Waals surface area contributed by atoms with Crippen molar-refractivity contribution >= 4 is 5.97 Å². The van der Waals surface area contributed by atoms with E-state index in [1.807, 2.05) is 32.0 Å². The Kier molecular flexibility index (Phi) is 4.77. The van der Waals surface area contributed by atoms with Crippen LogP contribution in [0.2, 0.25) is 0 Å². The predicted octanol–water partition coefficient (Wildman–Crippen LogP) is 3.24. The Morgan fingerprint density at radius 2 is 1.76 bits per heavy atom. The Labute approximate surface area is 123 Å². The molecule has 0 unspecified atom stereocenters. The quantitative estimate of drug-likeness (QED) is 0.883. The maximum absolute atomic E-state index is 11.0. The molecule has 110 valence electrons. The van der Waals surface area contributed by atoms with Crippen molar-refractivity contribution in [3.05, 3.63) is 42.2 Å². The third-order valence-corrected chi connectivity index (χ3v) is 2.86. The number of benzene rings is 1. The van der Waals surface area contributed by atoms with Crippen molar-refractivity contribution in [3.8, 4) is 22.6 Å². The second-order valence-electron chi connectivity index (χ2n) is 4.29. The lowest BCUT2D eigenvalue weighted by atomic mass is 10.1. The maximum atomic E-state index is 11.0. The number of rotatable bonds is 6. The minimum Gasteiger partial charge on any atom is -0.490 e. The topological polar surface area (TPSA) is 68.7 Å². The van der Waals surface area contributed by atoms with E-state index in [0.717, 1.165) is 11.1 Å². The minimum atomic E-state index is -1.000. The number of carboxylic acids is 1. The van der Waals surface area contributed by atoms with E-state index in [1.54, 1.807) is 12.3 Å². The van der Waals surface area contributed by atoms with Crippen LogP contribution in [0.25, 0.3) is 11.1 Å². The fraction of sp³-hybridized carbons (Fsp3) is 0.250. The highest BCUT2D eigenvalue weighted by Crippen LogP contribution is 2.32. The summed E-state index contributed by atoms with van der Waals surface area (Å²) in [4.78, 5) is 15.0. The molecule has 0 bridgehead atoms. The fourth-order valence-electron chi connectivity index (χ4n) is 1.95. The first kappa shape index (κ1) is 14.8. The molecular formula is C16H17NO4. The Bertz CT molecular complexity index is 640. The van der Waals surface area contributed by atoms with Crippen LogP contribution < -0.4 is 9.47 Å². The van der Waals surface area contributed by atoms with Gasteiger partial charge in [0.25, 0.3) is 0 Å². The Hall–Kier alpha value is -2.56. The average Bonchev–Trinajstić information content (AvgIpc) is 2.49. The lowest BCUT2D eigenvalue weighted by Crippen LogP contribution is -1.99. The van der Waals surface area contributed by atoms with Crippen LogP contribution in [-0.2, 0) is 0 Å². The standard InChI is InChI=1S/C16H17NO4/c1-3-20-14-6-5-11(8-15(14)21-4-2)12-7-13(16(18)19)10-17-9-12/h5-10H,3-4H2,1-2H3,(H,18,19). The average molecular weight is 287 g/mol. The van der Waals surface area contributed by atoms with E-state index in [1.165, 1.54) is 6.20 Å². The van der Waals surface area contributed by atoms with E-state index >= 15 is 0 Å². The molecule has 21 heavy (non-hydrogen) atoms. The molecule has 0 saturated heterocycles. The van der Waals surface area contributed by atoms with Gasteiger partial charge in [0.1, 0.15) is 0 Å². The number of aromatic nitrogens is 1. The maximum Gasteiger partial charge on any atom is 0.337 e. The zero-order valence-corrected chi connectivity index (χ0v) is 12.0. The van der Waals surface area contributed by atoms with Crippen LogP contribution in [0, 0.1) is 0 Å². The molecule has 1 N–H and O–H groups in total. The van der Waals surface area contributed by atoms with Crippen LogP contribution in [-0.4, -0.2) is 29.3 Å². The number of nitrogens with zero attached hydrogens (tertiary/aromatic N) is 1. The van der Waals surface area contributed by atoms with Crippen molar-refractivity contribution in [2.75, 3.05) is 13.2 Å². The van der Waals surface area contributed by atoms with Crippen molar-refractivity contribution in [1.82, 2.24) is 4.98 Å². The van der Waals surface area contributed by atoms with Gasteiger partial charge in [-0.25, -0.2) is 4.79 Å². The predicted molar refractivity (Wildman–Crippen MR) is 79.0 cm³/mol. The van der Waals surface area contributed by atoms with Gasteiger partial charge in [-0.05, 0) is 37.6 Å². The van der Waals surface area contributed by atoms with Gasteiger partial charge in [0, 0.05) is 18.0 Å². The highest BCUT2D eigenvalue weighted by Gasteiger charge is 2.10. The molecule has 0 radical (unpaired) electrons. The smallest absolute Gasteiger partial charge is 0.337 e. The van der Waals surface area contributed by atoms with Crippen LogP contribution >= 0.6 is 0 Å². The lowest BCUT2D eigenvalue weighted by Gasteiger charge is -2.12. The minimum absolute atomic E-state index is 0.152. The van der Waals surface area contributed by atoms with Crippen LogP contribution in [0.4, 0.5) is 0 Å². The van der Waals surface area contributed by atoms with Gasteiger partial charge in [0.2, 0.25) is 0 Å². The molecule has 0 fully saturated rings. The normalized spacial score (nSPS) is 10.2. The van der Waals surface area contributed by atoms with Crippen molar-refractivity contribution in [3.63, 3.8) is 0 Å². The van der Waals surface area contributed by atoms with Gasteiger partial charge in [0.05, 0.1) is 18.8 Å². The molecule has 0 atom stereocenters. The first-order chi connectivity index (χ1) is 10.2. The summed E-state index contributed by atoms with van der Waals surface area (Å²) < 4.78 is 11.1. The molecule has 0 spiro atoms. The highest BCUT2D eigenvalue weighted by molar-refractivity contribution is 5.88. The first-order valence-electron chi connectivity index (χ1n) is 6.74. The highest BCUT2D eigenvalue weighted by atomic mass is 16.5. The van der Waals surface area contributed by atoms with Gasteiger partial charge in [-0.1, -0.05) is 6.07 Å². The molecule has 0 aliphatic rings. The van der Waals surface area contributed by atoms with Crippen LogP contribution in [0.1, 0.15) is 24.2 Å². The number of hydrogen-bond acceptors (Lipinski definition) is 4. The lowest BCUT2D eigenvalue weighted by molar-refractivity contribution is 0.0696. The number of ether oxygens (including phenoxy) is 2. The molecule has 0 aliphatic heterocycles. The molecule has 1 aromatic carbocycles. The summed E-state index contributed by atoms with van der Waals surface area (Å²) in [6.45, 7) is 4.88.